The second-order valence-corrected chi connectivity index (χ2v) is 5.00. The van der Waals surface area contributed by atoms with Gasteiger partial charge in [0.2, 0.25) is 0 Å². The third-order valence-electron chi connectivity index (χ3n) is 3.16. The summed E-state index contributed by atoms with van der Waals surface area (Å²) in [7, 11) is 0. The molecule has 0 radical (unpaired) electrons. The van der Waals surface area contributed by atoms with Crippen molar-refractivity contribution >= 4 is 17.4 Å². The van der Waals surface area contributed by atoms with E-state index in [-0.39, 0.29) is 5.84 Å². The molecule has 0 spiro atoms. The van der Waals surface area contributed by atoms with Crippen molar-refractivity contribution in [3.8, 4) is 5.75 Å². The maximum Gasteiger partial charge on any atom is 0.170 e. The second kappa shape index (κ2) is 6.99. The first-order valence-corrected chi connectivity index (χ1v) is 7.00. The van der Waals surface area contributed by atoms with E-state index in [1.54, 1.807) is 18.2 Å². The molecular formula is C16H17ClN2O2. The molecule has 0 unspecified atom stereocenters. The van der Waals surface area contributed by atoms with Crippen LogP contribution in [0.25, 0.3) is 0 Å². The molecule has 21 heavy (non-hydrogen) atoms. The zero-order valence-electron chi connectivity index (χ0n) is 11.7. The summed E-state index contributed by atoms with van der Waals surface area (Å²) in [4.78, 5) is 0. The summed E-state index contributed by atoms with van der Waals surface area (Å²) in [5, 5.41) is 12.0. The Labute approximate surface area is 128 Å². The van der Waals surface area contributed by atoms with Crippen LogP contribution in [0.3, 0.4) is 0 Å². The molecule has 0 fully saturated rings. The maximum absolute atomic E-state index is 8.63. The van der Waals surface area contributed by atoms with Gasteiger partial charge in [-0.3, -0.25) is 0 Å². The number of aryl methyl sites for hydroxylation is 1. The predicted octanol–water partition coefficient (Wildman–Crippen LogP) is 3.58. The van der Waals surface area contributed by atoms with Gasteiger partial charge in [0, 0.05) is 5.56 Å². The zero-order chi connectivity index (χ0) is 15.2. The number of benzene rings is 2. The molecule has 0 aliphatic carbocycles. The number of nitrogens with zero attached hydrogens (tertiary/aromatic N) is 1. The highest BCUT2D eigenvalue weighted by molar-refractivity contribution is 6.32. The Kier molecular flexibility index (Phi) is 5.06. The minimum Gasteiger partial charge on any atom is -0.487 e. The van der Waals surface area contributed by atoms with Gasteiger partial charge in [-0.15, -0.1) is 0 Å². The average Bonchev–Trinajstić information content (AvgIpc) is 2.53. The molecule has 3 N–H and O–H groups in total. The number of halogens is 1. The highest BCUT2D eigenvalue weighted by Gasteiger charge is 2.06. The normalized spacial score (nSPS) is 11.4. The Morgan fingerprint density at radius 2 is 1.86 bits per heavy atom. The quantitative estimate of drug-likeness (QED) is 0.384. The van der Waals surface area contributed by atoms with Gasteiger partial charge in [0.25, 0.3) is 0 Å². The minimum absolute atomic E-state index is 0.0126. The van der Waals surface area contributed by atoms with Crippen LogP contribution in [0.5, 0.6) is 5.75 Å². The summed E-state index contributed by atoms with van der Waals surface area (Å²) in [6.07, 6.45) is 1.02. The van der Waals surface area contributed by atoms with Gasteiger partial charge in [-0.2, -0.15) is 0 Å². The SMILES string of the molecule is CCc1ccc(COc2ccc(C(N)=NO)cc2Cl)cc1. The van der Waals surface area contributed by atoms with E-state index in [1.165, 1.54) is 5.56 Å². The maximum atomic E-state index is 8.63. The number of nitrogens with two attached hydrogens (primary N) is 1. The first kappa shape index (κ1) is 15.2. The predicted molar refractivity (Wildman–Crippen MR) is 84.1 cm³/mol. The lowest BCUT2D eigenvalue weighted by molar-refractivity contribution is 0.306. The van der Waals surface area contributed by atoms with Crippen LogP contribution in [0, 0.1) is 0 Å². The van der Waals surface area contributed by atoms with Crippen LogP contribution < -0.4 is 10.5 Å². The summed E-state index contributed by atoms with van der Waals surface area (Å²) < 4.78 is 5.69. The van der Waals surface area contributed by atoms with Crippen molar-refractivity contribution in [2.45, 2.75) is 20.0 Å². The van der Waals surface area contributed by atoms with Crippen molar-refractivity contribution in [2.75, 3.05) is 0 Å². The molecule has 2 aromatic rings. The molecule has 0 saturated carbocycles. The molecular weight excluding hydrogens is 288 g/mol. The van der Waals surface area contributed by atoms with Gasteiger partial charge in [-0.25, -0.2) is 0 Å². The van der Waals surface area contributed by atoms with Gasteiger partial charge in [-0.1, -0.05) is 47.9 Å². The fourth-order valence-electron chi connectivity index (χ4n) is 1.87. The fraction of sp³-hybridized carbons (Fsp3) is 0.188. The Morgan fingerprint density at radius 3 is 2.43 bits per heavy atom. The third-order valence-corrected chi connectivity index (χ3v) is 3.46. The largest absolute Gasteiger partial charge is 0.487 e. The number of amidine groups is 1. The lowest BCUT2D eigenvalue weighted by Crippen LogP contribution is -2.12. The monoisotopic (exact) mass is 304 g/mol. The molecule has 0 aliphatic heterocycles. The zero-order valence-corrected chi connectivity index (χ0v) is 12.5. The van der Waals surface area contributed by atoms with Crippen LogP contribution >= 0.6 is 11.6 Å². The Balaban J connectivity index is 2.05. The Bertz CT molecular complexity index is 639. The molecule has 0 amide bonds. The lowest BCUT2D eigenvalue weighted by Gasteiger charge is -2.09. The number of oxime groups is 1. The molecule has 0 aromatic heterocycles. The fourth-order valence-corrected chi connectivity index (χ4v) is 2.10. The van der Waals surface area contributed by atoms with Crippen LogP contribution in [0.2, 0.25) is 5.02 Å². The van der Waals surface area contributed by atoms with E-state index in [0.29, 0.717) is 22.9 Å². The molecule has 0 bridgehead atoms. The summed E-state index contributed by atoms with van der Waals surface area (Å²) >= 11 is 6.13. The van der Waals surface area contributed by atoms with E-state index >= 15 is 0 Å². The molecule has 0 saturated heterocycles. The number of hydrogen-bond donors (Lipinski definition) is 2. The van der Waals surface area contributed by atoms with Crippen LogP contribution in [0.15, 0.2) is 47.6 Å². The smallest absolute Gasteiger partial charge is 0.170 e. The minimum atomic E-state index is 0.0126. The molecule has 2 aromatic carbocycles. The van der Waals surface area contributed by atoms with Crippen LogP contribution in [0.4, 0.5) is 0 Å². The summed E-state index contributed by atoms with van der Waals surface area (Å²) in [6.45, 7) is 2.56. The number of rotatable bonds is 5. The van der Waals surface area contributed by atoms with E-state index in [0.717, 1.165) is 12.0 Å². The third kappa shape index (κ3) is 3.89. The van der Waals surface area contributed by atoms with E-state index in [1.807, 2.05) is 12.1 Å². The van der Waals surface area contributed by atoms with E-state index < -0.39 is 0 Å². The van der Waals surface area contributed by atoms with Crippen LogP contribution in [0.1, 0.15) is 23.6 Å². The van der Waals surface area contributed by atoms with Gasteiger partial charge >= 0.3 is 0 Å². The summed E-state index contributed by atoms with van der Waals surface area (Å²) in [6, 6.07) is 13.2. The van der Waals surface area contributed by atoms with Crippen molar-refractivity contribution < 1.29 is 9.94 Å². The highest BCUT2D eigenvalue weighted by Crippen LogP contribution is 2.26. The molecule has 0 atom stereocenters. The molecule has 2 rings (SSSR count). The lowest BCUT2D eigenvalue weighted by atomic mass is 10.1. The van der Waals surface area contributed by atoms with Crippen LogP contribution in [-0.2, 0) is 13.0 Å². The van der Waals surface area contributed by atoms with Crippen molar-refractivity contribution in [3.63, 3.8) is 0 Å². The van der Waals surface area contributed by atoms with Gasteiger partial charge in [0.15, 0.2) is 5.84 Å². The molecule has 0 heterocycles. The average molecular weight is 305 g/mol. The topological polar surface area (TPSA) is 67.8 Å². The van der Waals surface area contributed by atoms with Gasteiger partial charge < -0.3 is 15.7 Å². The Morgan fingerprint density at radius 1 is 1.19 bits per heavy atom. The Hall–Kier alpha value is -2.20. The molecule has 4 nitrogen and oxygen atoms in total. The van der Waals surface area contributed by atoms with Crippen molar-refractivity contribution in [3.05, 3.63) is 64.2 Å². The van der Waals surface area contributed by atoms with E-state index in [4.69, 9.17) is 27.3 Å². The van der Waals surface area contributed by atoms with E-state index in [9.17, 15) is 0 Å². The first-order chi connectivity index (χ1) is 10.1. The van der Waals surface area contributed by atoms with Crippen molar-refractivity contribution in [1.82, 2.24) is 0 Å². The standard InChI is InChI=1S/C16H17ClN2O2/c1-2-11-3-5-12(6-4-11)10-21-15-8-7-13(9-14(15)17)16(18)19-20/h3-9,20H,2,10H2,1H3,(H2,18,19). The molecule has 110 valence electrons. The second-order valence-electron chi connectivity index (χ2n) is 4.59. The van der Waals surface area contributed by atoms with Crippen molar-refractivity contribution in [1.29, 1.82) is 0 Å². The van der Waals surface area contributed by atoms with Gasteiger partial charge in [-0.05, 0) is 35.7 Å². The van der Waals surface area contributed by atoms with Crippen molar-refractivity contribution in [2.24, 2.45) is 10.9 Å². The highest BCUT2D eigenvalue weighted by atomic mass is 35.5. The first-order valence-electron chi connectivity index (χ1n) is 6.62. The number of ether oxygens (including phenoxy) is 1. The molecule has 0 aliphatic rings. The summed E-state index contributed by atoms with van der Waals surface area (Å²) in [5.41, 5.74) is 8.41. The van der Waals surface area contributed by atoms with Gasteiger partial charge in [0.1, 0.15) is 12.4 Å². The number of hydrogen-bond acceptors (Lipinski definition) is 3. The molecule has 5 heteroatoms. The summed E-state index contributed by atoms with van der Waals surface area (Å²) in [5.74, 6) is 0.573. The van der Waals surface area contributed by atoms with Gasteiger partial charge in [0.05, 0.1) is 5.02 Å². The van der Waals surface area contributed by atoms with Crippen LogP contribution in [-0.4, -0.2) is 11.0 Å². The van der Waals surface area contributed by atoms with E-state index in [2.05, 4.69) is 24.2 Å².